The first-order valence-electron chi connectivity index (χ1n) is 7.09. The smallest absolute Gasteiger partial charge is 0.244 e. The minimum absolute atomic E-state index is 0.166. The number of aryl methyl sites for hydroxylation is 1. The van der Waals surface area contributed by atoms with Crippen molar-refractivity contribution in [1.29, 1.82) is 0 Å². The first-order valence-corrected chi connectivity index (χ1v) is 8.53. The molecule has 122 valence electrons. The van der Waals surface area contributed by atoms with Gasteiger partial charge in [0.05, 0.1) is 12.3 Å². The van der Waals surface area contributed by atoms with Crippen molar-refractivity contribution in [2.75, 3.05) is 25.4 Å². The molecule has 8 nitrogen and oxygen atoms in total. The van der Waals surface area contributed by atoms with Crippen LogP contribution in [-0.4, -0.2) is 47.4 Å². The van der Waals surface area contributed by atoms with E-state index in [0.29, 0.717) is 17.3 Å². The Balaban J connectivity index is 1.86. The second-order valence-electron chi connectivity index (χ2n) is 5.18. The average molecular weight is 335 g/mol. The minimum Gasteiger partial charge on any atom is -0.384 e. The number of hydrogen-bond donors (Lipinski definition) is 1. The van der Waals surface area contributed by atoms with Crippen molar-refractivity contribution in [1.82, 2.24) is 19.3 Å². The molecule has 1 aliphatic heterocycles. The van der Waals surface area contributed by atoms with Gasteiger partial charge in [-0.2, -0.15) is 4.31 Å². The van der Waals surface area contributed by atoms with E-state index in [1.54, 1.807) is 19.1 Å². The van der Waals surface area contributed by atoms with Crippen LogP contribution in [0.5, 0.6) is 0 Å². The van der Waals surface area contributed by atoms with Gasteiger partial charge in [-0.15, -0.1) is 0 Å². The van der Waals surface area contributed by atoms with Gasteiger partial charge in [-0.25, -0.2) is 18.4 Å². The van der Waals surface area contributed by atoms with E-state index < -0.39 is 16.1 Å². The monoisotopic (exact) mass is 335 g/mol. The SMILES string of the molecule is Cc1nc(N)cc(C2CN(S(=O)(=O)c3cccnc3)CCO2)n1. The summed E-state index contributed by atoms with van der Waals surface area (Å²) in [7, 11) is -3.61. The Kier molecular flexibility index (Phi) is 4.24. The van der Waals surface area contributed by atoms with Crippen LogP contribution in [0.4, 0.5) is 5.82 Å². The number of nitrogens with two attached hydrogens (primary N) is 1. The van der Waals surface area contributed by atoms with Crippen molar-refractivity contribution < 1.29 is 13.2 Å². The zero-order valence-corrected chi connectivity index (χ0v) is 13.4. The molecule has 1 saturated heterocycles. The molecule has 2 N–H and O–H groups in total. The lowest BCUT2D eigenvalue weighted by atomic mass is 10.2. The molecule has 2 aromatic heterocycles. The van der Waals surface area contributed by atoms with Crippen LogP contribution < -0.4 is 5.73 Å². The number of sulfonamides is 1. The lowest BCUT2D eigenvalue weighted by Crippen LogP contribution is -2.42. The van der Waals surface area contributed by atoms with Crippen LogP contribution in [0.25, 0.3) is 0 Å². The van der Waals surface area contributed by atoms with Gasteiger partial charge >= 0.3 is 0 Å². The topological polar surface area (TPSA) is 111 Å². The summed E-state index contributed by atoms with van der Waals surface area (Å²) in [4.78, 5) is 12.4. The average Bonchev–Trinajstić information content (AvgIpc) is 2.55. The van der Waals surface area contributed by atoms with Gasteiger partial charge in [-0.3, -0.25) is 4.98 Å². The van der Waals surface area contributed by atoms with E-state index >= 15 is 0 Å². The first-order chi connectivity index (χ1) is 11.0. The van der Waals surface area contributed by atoms with Crippen LogP contribution in [-0.2, 0) is 14.8 Å². The third kappa shape index (κ3) is 3.31. The van der Waals surface area contributed by atoms with E-state index in [1.807, 2.05) is 0 Å². The Morgan fingerprint density at radius 1 is 1.39 bits per heavy atom. The van der Waals surface area contributed by atoms with E-state index in [4.69, 9.17) is 10.5 Å². The fourth-order valence-electron chi connectivity index (χ4n) is 2.45. The zero-order chi connectivity index (χ0) is 16.4. The summed E-state index contributed by atoms with van der Waals surface area (Å²) in [5, 5.41) is 0. The van der Waals surface area contributed by atoms with Crippen molar-refractivity contribution in [2.45, 2.75) is 17.9 Å². The molecular weight excluding hydrogens is 318 g/mol. The van der Waals surface area contributed by atoms with E-state index in [0.717, 1.165) is 0 Å². The second-order valence-corrected chi connectivity index (χ2v) is 7.11. The van der Waals surface area contributed by atoms with Crippen molar-refractivity contribution in [3.8, 4) is 0 Å². The molecule has 1 unspecified atom stereocenters. The number of nitrogen functional groups attached to an aromatic ring is 1. The Bertz CT molecular complexity index is 777. The molecule has 0 amide bonds. The highest BCUT2D eigenvalue weighted by Crippen LogP contribution is 2.25. The Hall–Kier alpha value is -2.10. The number of hydrogen-bond acceptors (Lipinski definition) is 7. The van der Waals surface area contributed by atoms with Crippen LogP contribution in [0.3, 0.4) is 0 Å². The van der Waals surface area contributed by atoms with Crippen LogP contribution >= 0.6 is 0 Å². The van der Waals surface area contributed by atoms with Crippen molar-refractivity contribution in [3.63, 3.8) is 0 Å². The highest BCUT2D eigenvalue weighted by Gasteiger charge is 2.32. The fourth-order valence-corrected chi connectivity index (χ4v) is 3.84. The molecule has 0 aromatic carbocycles. The van der Waals surface area contributed by atoms with Crippen LogP contribution in [0.1, 0.15) is 17.6 Å². The summed E-state index contributed by atoms with van der Waals surface area (Å²) < 4.78 is 32.4. The molecule has 0 saturated carbocycles. The fraction of sp³-hybridized carbons (Fsp3) is 0.357. The van der Waals surface area contributed by atoms with E-state index in [9.17, 15) is 8.42 Å². The number of anilines is 1. The summed E-state index contributed by atoms with van der Waals surface area (Å²) in [6.45, 7) is 2.47. The van der Waals surface area contributed by atoms with Gasteiger partial charge in [0.2, 0.25) is 10.0 Å². The van der Waals surface area contributed by atoms with Gasteiger partial charge in [-0.1, -0.05) is 0 Å². The van der Waals surface area contributed by atoms with Crippen molar-refractivity contribution in [2.24, 2.45) is 0 Å². The van der Waals surface area contributed by atoms with Gasteiger partial charge in [0.1, 0.15) is 22.6 Å². The number of ether oxygens (including phenoxy) is 1. The summed E-state index contributed by atoms with van der Waals surface area (Å²) in [6, 6.07) is 4.73. The zero-order valence-electron chi connectivity index (χ0n) is 12.6. The molecular formula is C14H17N5O3S. The number of nitrogens with zero attached hydrogens (tertiary/aromatic N) is 4. The number of rotatable bonds is 3. The predicted molar refractivity (Wildman–Crippen MR) is 82.9 cm³/mol. The Labute approximate surface area is 134 Å². The lowest BCUT2D eigenvalue weighted by molar-refractivity contribution is -0.00505. The maximum absolute atomic E-state index is 12.7. The third-order valence-electron chi connectivity index (χ3n) is 3.51. The Morgan fingerprint density at radius 3 is 2.91 bits per heavy atom. The summed E-state index contributed by atoms with van der Waals surface area (Å²) >= 11 is 0. The molecule has 3 rings (SSSR count). The maximum atomic E-state index is 12.7. The van der Waals surface area contributed by atoms with Crippen LogP contribution in [0.2, 0.25) is 0 Å². The van der Waals surface area contributed by atoms with Crippen molar-refractivity contribution in [3.05, 3.63) is 42.1 Å². The molecule has 0 spiro atoms. The van der Waals surface area contributed by atoms with Gasteiger partial charge in [0.15, 0.2) is 0 Å². The van der Waals surface area contributed by atoms with E-state index in [2.05, 4.69) is 15.0 Å². The molecule has 0 bridgehead atoms. The molecule has 0 aliphatic carbocycles. The molecule has 0 radical (unpaired) electrons. The molecule has 1 aliphatic rings. The molecule has 23 heavy (non-hydrogen) atoms. The molecule has 1 fully saturated rings. The highest BCUT2D eigenvalue weighted by atomic mass is 32.2. The molecule has 1 atom stereocenters. The largest absolute Gasteiger partial charge is 0.384 e. The highest BCUT2D eigenvalue weighted by molar-refractivity contribution is 7.89. The van der Waals surface area contributed by atoms with Gasteiger partial charge in [0.25, 0.3) is 0 Å². The van der Waals surface area contributed by atoms with Crippen LogP contribution in [0, 0.1) is 6.92 Å². The molecule has 3 heterocycles. The maximum Gasteiger partial charge on any atom is 0.244 e. The molecule has 9 heteroatoms. The van der Waals surface area contributed by atoms with E-state index in [-0.39, 0.29) is 24.6 Å². The summed E-state index contributed by atoms with van der Waals surface area (Å²) in [6.07, 6.45) is 2.40. The van der Waals surface area contributed by atoms with Gasteiger partial charge < -0.3 is 10.5 Å². The lowest BCUT2D eigenvalue weighted by Gasteiger charge is -2.31. The molecule has 2 aromatic rings. The normalized spacial score (nSPS) is 19.6. The number of morpholine rings is 1. The quantitative estimate of drug-likeness (QED) is 0.870. The second kappa shape index (κ2) is 6.19. The Morgan fingerprint density at radius 2 is 2.22 bits per heavy atom. The summed E-state index contributed by atoms with van der Waals surface area (Å²) in [5.74, 6) is 0.860. The number of aromatic nitrogens is 3. The van der Waals surface area contributed by atoms with Crippen LogP contribution in [0.15, 0.2) is 35.5 Å². The minimum atomic E-state index is -3.61. The van der Waals surface area contributed by atoms with Crippen molar-refractivity contribution >= 4 is 15.8 Å². The van der Waals surface area contributed by atoms with Gasteiger partial charge in [0, 0.05) is 31.5 Å². The predicted octanol–water partition coefficient (Wildman–Crippen LogP) is 0.524. The van der Waals surface area contributed by atoms with Gasteiger partial charge in [-0.05, 0) is 19.1 Å². The third-order valence-corrected chi connectivity index (χ3v) is 5.36. The van der Waals surface area contributed by atoms with E-state index in [1.165, 1.54) is 22.8 Å². The summed E-state index contributed by atoms with van der Waals surface area (Å²) in [5.41, 5.74) is 6.32. The standard InChI is InChI=1S/C14H17N5O3S/c1-10-17-12(7-14(15)18-10)13-9-19(5-6-22-13)23(20,21)11-3-2-4-16-8-11/h2-4,7-8,13H,5-6,9H2,1H3,(H2,15,17,18). The first kappa shape index (κ1) is 15.8. The number of pyridine rings is 1.